The Morgan fingerprint density at radius 3 is 2.13 bits per heavy atom. The van der Waals surface area contributed by atoms with Crippen molar-refractivity contribution in [2.75, 3.05) is 0 Å². The summed E-state index contributed by atoms with van der Waals surface area (Å²) in [7, 11) is 0. The fourth-order valence-electron chi connectivity index (χ4n) is 2.13. The maximum absolute atomic E-state index is 11.6. The quantitative estimate of drug-likeness (QED) is 0.746. The van der Waals surface area contributed by atoms with Crippen LogP contribution in [0.1, 0.15) is 47.5 Å². The van der Waals surface area contributed by atoms with Gasteiger partial charge >= 0.3 is 0 Å². The summed E-state index contributed by atoms with van der Waals surface area (Å²) < 4.78 is 0. The molecule has 0 aromatic rings. The Hall–Kier alpha value is -0.570. The summed E-state index contributed by atoms with van der Waals surface area (Å²) in [6.07, 6.45) is 0.565. The SMILES string of the molecule is CC(O)CCC(=O)NC1C(C)(C)C1(C)C. The molecule has 1 atom stereocenters. The van der Waals surface area contributed by atoms with Crippen LogP contribution in [0.3, 0.4) is 0 Å². The highest BCUT2D eigenvalue weighted by molar-refractivity contribution is 5.77. The molecule has 0 radical (unpaired) electrons. The number of carbonyl (C=O) groups is 1. The summed E-state index contributed by atoms with van der Waals surface area (Å²) in [5.74, 6) is 0.0551. The number of aliphatic hydroxyl groups excluding tert-OH is 1. The largest absolute Gasteiger partial charge is 0.393 e. The topological polar surface area (TPSA) is 49.3 Å². The summed E-state index contributed by atoms with van der Waals surface area (Å²) in [4.78, 5) is 11.6. The van der Waals surface area contributed by atoms with Gasteiger partial charge in [0.2, 0.25) is 5.91 Å². The number of hydrogen-bond acceptors (Lipinski definition) is 2. The third-order valence-corrected chi connectivity index (χ3v) is 4.12. The highest BCUT2D eigenvalue weighted by Crippen LogP contribution is 2.62. The van der Waals surface area contributed by atoms with Gasteiger partial charge in [-0.1, -0.05) is 27.7 Å². The van der Waals surface area contributed by atoms with E-state index in [4.69, 9.17) is 5.11 Å². The van der Waals surface area contributed by atoms with Gasteiger partial charge in [0.05, 0.1) is 6.10 Å². The molecule has 0 heterocycles. The second-order valence-electron chi connectivity index (χ2n) is 5.83. The van der Waals surface area contributed by atoms with Crippen LogP contribution in [0.4, 0.5) is 0 Å². The number of hydrogen-bond donors (Lipinski definition) is 2. The zero-order chi connectivity index (χ0) is 11.9. The molecular weight excluding hydrogens is 190 g/mol. The first-order valence-electron chi connectivity index (χ1n) is 5.67. The van der Waals surface area contributed by atoms with Gasteiger partial charge in [-0.25, -0.2) is 0 Å². The number of aliphatic hydroxyl groups is 1. The molecule has 0 aromatic heterocycles. The van der Waals surface area contributed by atoms with Crippen LogP contribution in [0.5, 0.6) is 0 Å². The molecule has 88 valence electrons. The smallest absolute Gasteiger partial charge is 0.220 e. The fourth-order valence-corrected chi connectivity index (χ4v) is 2.13. The van der Waals surface area contributed by atoms with Crippen LogP contribution in [0, 0.1) is 10.8 Å². The van der Waals surface area contributed by atoms with Crippen molar-refractivity contribution in [3.8, 4) is 0 Å². The van der Waals surface area contributed by atoms with Crippen LogP contribution in [0.25, 0.3) is 0 Å². The van der Waals surface area contributed by atoms with Crippen molar-refractivity contribution in [1.82, 2.24) is 5.32 Å². The van der Waals surface area contributed by atoms with Crippen LogP contribution in [-0.4, -0.2) is 23.2 Å². The van der Waals surface area contributed by atoms with Crippen molar-refractivity contribution in [2.24, 2.45) is 10.8 Å². The molecule has 2 N–H and O–H groups in total. The molecule has 1 rings (SSSR count). The van der Waals surface area contributed by atoms with Crippen LogP contribution in [0.2, 0.25) is 0 Å². The molecule has 0 aromatic carbocycles. The summed E-state index contributed by atoms with van der Waals surface area (Å²) in [6.45, 7) is 10.4. The minimum absolute atomic E-state index is 0.0551. The molecule has 3 heteroatoms. The van der Waals surface area contributed by atoms with E-state index in [1.165, 1.54) is 0 Å². The summed E-state index contributed by atoms with van der Waals surface area (Å²) in [5, 5.41) is 12.1. The molecule has 1 unspecified atom stereocenters. The minimum Gasteiger partial charge on any atom is -0.393 e. The Balaban J connectivity index is 2.36. The predicted octanol–water partition coefficient (Wildman–Crippen LogP) is 1.70. The number of nitrogens with one attached hydrogen (secondary N) is 1. The summed E-state index contributed by atoms with van der Waals surface area (Å²) >= 11 is 0. The Morgan fingerprint density at radius 1 is 1.33 bits per heavy atom. The summed E-state index contributed by atoms with van der Waals surface area (Å²) in [5.41, 5.74) is 0.376. The second kappa shape index (κ2) is 3.78. The van der Waals surface area contributed by atoms with Crippen molar-refractivity contribution in [2.45, 2.75) is 59.6 Å². The van der Waals surface area contributed by atoms with Gasteiger partial charge in [0.15, 0.2) is 0 Å². The van der Waals surface area contributed by atoms with Crippen molar-refractivity contribution in [3.63, 3.8) is 0 Å². The Labute approximate surface area is 92.3 Å². The average Bonchev–Trinajstić information content (AvgIpc) is 2.44. The molecular formula is C12H23NO2. The molecule has 1 aliphatic rings. The van der Waals surface area contributed by atoms with Gasteiger partial charge in [-0.05, 0) is 24.2 Å². The lowest BCUT2D eigenvalue weighted by atomic mass is 10.0. The lowest BCUT2D eigenvalue weighted by Crippen LogP contribution is -2.30. The van der Waals surface area contributed by atoms with Crippen molar-refractivity contribution < 1.29 is 9.90 Å². The van der Waals surface area contributed by atoms with Gasteiger partial charge in [-0.3, -0.25) is 4.79 Å². The van der Waals surface area contributed by atoms with Crippen LogP contribution in [-0.2, 0) is 4.79 Å². The molecule has 1 aliphatic carbocycles. The van der Waals surface area contributed by atoms with Gasteiger partial charge in [-0.15, -0.1) is 0 Å². The maximum Gasteiger partial charge on any atom is 0.220 e. The highest BCUT2D eigenvalue weighted by Gasteiger charge is 2.65. The molecule has 0 bridgehead atoms. The Bertz CT molecular complexity index is 242. The van der Waals surface area contributed by atoms with E-state index < -0.39 is 6.10 Å². The first-order valence-corrected chi connectivity index (χ1v) is 5.67. The summed E-state index contributed by atoms with van der Waals surface area (Å²) in [6, 6.07) is 0.270. The third-order valence-electron chi connectivity index (χ3n) is 4.12. The van der Waals surface area contributed by atoms with Crippen LogP contribution < -0.4 is 5.32 Å². The molecule has 3 nitrogen and oxygen atoms in total. The molecule has 0 aliphatic heterocycles. The first-order chi connectivity index (χ1) is 6.69. The number of carbonyl (C=O) groups excluding carboxylic acids is 1. The normalized spacial score (nSPS) is 24.7. The van der Waals surface area contributed by atoms with Gasteiger partial charge < -0.3 is 10.4 Å². The minimum atomic E-state index is -0.393. The van der Waals surface area contributed by atoms with Gasteiger partial charge in [0.1, 0.15) is 0 Å². The van der Waals surface area contributed by atoms with E-state index in [0.29, 0.717) is 12.8 Å². The van der Waals surface area contributed by atoms with Gasteiger partial charge in [0.25, 0.3) is 0 Å². The first kappa shape index (κ1) is 12.5. The van der Waals surface area contributed by atoms with E-state index in [1.54, 1.807) is 6.92 Å². The Kier molecular flexibility index (Phi) is 3.15. The zero-order valence-electron chi connectivity index (χ0n) is 10.4. The van der Waals surface area contributed by atoms with E-state index >= 15 is 0 Å². The van der Waals surface area contributed by atoms with Gasteiger partial charge in [0, 0.05) is 12.5 Å². The van der Waals surface area contributed by atoms with Crippen molar-refractivity contribution in [3.05, 3.63) is 0 Å². The van der Waals surface area contributed by atoms with Crippen molar-refractivity contribution >= 4 is 5.91 Å². The third kappa shape index (κ3) is 2.33. The predicted molar refractivity (Wildman–Crippen MR) is 60.4 cm³/mol. The van der Waals surface area contributed by atoms with E-state index in [9.17, 15) is 4.79 Å². The zero-order valence-corrected chi connectivity index (χ0v) is 10.4. The average molecular weight is 213 g/mol. The second-order valence-corrected chi connectivity index (χ2v) is 5.83. The molecule has 0 saturated heterocycles. The maximum atomic E-state index is 11.6. The number of amides is 1. The van der Waals surface area contributed by atoms with Crippen molar-refractivity contribution in [1.29, 1.82) is 0 Å². The fraction of sp³-hybridized carbons (Fsp3) is 0.917. The lowest BCUT2D eigenvalue weighted by Gasteiger charge is -2.07. The van der Waals surface area contributed by atoms with Crippen LogP contribution in [0.15, 0.2) is 0 Å². The lowest BCUT2D eigenvalue weighted by molar-refractivity contribution is -0.122. The highest BCUT2D eigenvalue weighted by atomic mass is 16.3. The van der Waals surface area contributed by atoms with E-state index in [0.717, 1.165) is 0 Å². The van der Waals surface area contributed by atoms with E-state index in [-0.39, 0.29) is 22.8 Å². The van der Waals surface area contributed by atoms with E-state index in [1.807, 2.05) is 0 Å². The molecule has 1 amide bonds. The number of rotatable bonds is 4. The molecule has 15 heavy (non-hydrogen) atoms. The molecule has 1 saturated carbocycles. The van der Waals surface area contributed by atoms with E-state index in [2.05, 4.69) is 33.0 Å². The Morgan fingerprint density at radius 2 is 1.80 bits per heavy atom. The van der Waals surface area contributed by atoms with Crippen LogP contribution >= 0.6 is 0 Å². The molecule has 1 fully saturated rings. The van der Waals surface area contributed by atoms with Gasteiger partial charge in [-0.2, -0.15) is 0 Å². The monoisotopic (exact) mass is 213 g/mol. The molecule has 0 spiro atoms. The standard InChI is InChI=1S/C12H23NO2/c1-8(14)6-7-9(15)13-10-11(2,3)12(10,4)5/h8,10,14H,6-7H2,1-5H3,(H,13,15).